The Morgan fingerprint density at radius 3 is 2.08 bits per heavy atom. The lowest BCUT2D eigenvalue weighted by atomic mass is 10.3. The molecule has 3 aromatic carbocycles. The van der Waals surface area contributed by atoms with E-state index in [1.807, 2.05) is 48.5 Å². The van der Waals surface area contributed by atoms with Crippen molar-refractivity contribution in [2.24, 2.45) is 0 Å². The fourth-order valence-electron chi connectivity index (χ4n) is 2.10. The number of rotatable bonds is 4. The fraction of sp³-hybridized carbons (Fsp3) is 0. The van der Waals surface area contributed by atoms with Crippen LogP contribution in [0.4, 0.5) is 11.4 Å². The number of benzene rings is 3. The van der Waals surface area contributed by atoms with Gasteiger partial charge in [0.2, 0.25) is 0 Å². The first-order valence-electron chi connectivity index (χ1n) is 7.45. The van der Waals surface area contributed by atoms with E-state index in [4.69, 9.17) is 23.8 Å². The quantitative estimate of drug-likeness (QED) is 0.416. The molecule has 0 radical (unpaired) electrons. The Labute approximate surface area is 170 Å². The van der Waals surface area contributed by atoms with E-state index in [0.717, 1.165) is 15.8 Å². The number of hydrogen-bond acceptors (Lipinski definition) is 2. The maximum atomic E-state index is 5.97. The van der Waals surface area contributed by atoms with Crippen LogP contribution in [0, 0.1) is 0 Å². The first kappa shape index (κ1) is 18.3. The Kier molecular flexibility index (Phi) is 6.37. The molecule has 0 bridgehead atoms. The summed E-state index contributed by atoms with van der Waals surface area (Å²) in [7, 11) is 0. The van der Waals surface area contributed by atoms with Gasteiger partial charge in [0.1, 0.15) is 0 Å². The summed E-state index contributed by atoms with van der Waals surface area (Å²) in [5, 5.41) is 7.48. The molecule has 0 fully saturated rings. The van der Waals surface area contributed by atoms with Crippen molar-refractivity contribution in [2.75, 3.05) is 10.6 Å². The Hall–Kier alpha value is -1.53. The van der Waals surface area contributed by atoms with E-state index in [0.29, 0.717) is 10.1 Å². The van der Waals surface area contributed by atoms with Gasteiger partial charge in [-0.1, -0.05) is 45.4 Å². The first-order chi connectivity index (χ1) is 12.1. The Morgan fingerprint density at radius 1 is 0.840 bits per heavy atom. The van der Waals surface area contributed by atoms with E-state index in [1.165, 1.54) is 9.79 Å². The summed E-state index contributed by atoms with van der Waals surface area (Å²) in [4.78, 5) is 2.36. The van der Waals surface area contributed by atoms with Gasteiger partial charge >= 0.3 is 0 Å². The zero-order valence-electron chi connectivity index (χ0n) is 13.0. The second-order valence-corrected chi connectivity index (χ2v) is 8.08. The monoisotopic (exact) mass is 448 g/mol. The van der Waals surface area contributed by atoms with Crippen LogP contribution in [0.1, 0.15) is 0 Å². The van der Waals surface area contributed by atoms with Crippen LogP contribution in [-0.2, 0) is 0 Å². The normalized spacial score (nSPS) is 10.3. The molecule has 0 spiro atoms. The third kappa shape index (κ3) is 5.75. The van der Waals surface area contributed by atoms with Gasteiger partial charge in [0.05, 0.1) is 0 Å². The number of hydrogen-bond donors (Lipinski definition) is 2. The van der Waals surface area contributed by atoms with E-state index in [9.17, 15) is 0 Å². The number of thiocarbonyl (C=S) groups is 1. The summed E-state index contributed by atoms with van der Waals surface area (Å²) in [5.74, 6) is 0. The molecule has 0 aliphatic carbocycles. The standard InChI is InChI=1S/C19H14BrClN2S2/c20-13-4-8-17(9-5-13)25-18-10-6-15(7-11-18)22-19(24)23-16-3-1-2-14(21)12-16/h1-12H,(H2,22,23,24). The molecule has 0 atom stereocenters. The summed E-state index contributed by atoms with van der Waals surface area (Å²) < 4.78 is 1.08. The van der Waals surface area contributed by atoms with Crippen molar-refractivity contribution in [3.63, 3.8) is 0 Å². The topological polar surface area (TPSA) is 24.1 Å². The maximum Gasteiger partial charge on any atom is 0.175 e. The highest BCUT2D eigenvalue weighted by atomic mass is 79.9. The molecule has 0 aliphatic heterocycles. The zero-order valence-corrected chi connectivity index (χ0v) is 17.0. The smallest absolute Gasteiger partial charge is 0.175 e. The highest BCUT2D eigenvalue weighted by Gasteiger charge is 2.02. The molecule has 0 aromatic heterocycles. The Balaban J connectivity index is 1.58. The largest absolute Gasteiger partial charge is 0.332 e. The van der Waals surface area contributed by atoms with Crippen molar-refractivity contribution >= 4 is 68.0 Å². The Bertz CT molecular complexity index is 867. The van der Waals surface area contributed by atoms with Gasteiger partial charge in [-0.3, -0.25) is 0 Å². The van der Waals surface area contributed by atoms with Crippen LogP contribution in [0.3, 0.4) is 0 Å². The van der Waals surface area contributed by atoms with Crippen molar-refractivity contribution in [3.05, 3.63) is 82.3 Å². The number of anilines is 2. The minimum absolute atomic E-state index is 0.524. The third-order valence-corrected chi connectivity index (χ3v) is 5.23. The summed E-state index contributed by atoms with van der Waals surface area (Å²) in [6, 6.07) is 23.8. The summed E-state index contributed by atoms with van der Waals surface area (Å²) in [5.41, 5.74) is 1.78. The molecule has 0 amide bonds. The van der Waals surface area contributed by atoms with Crippen LogP contribution in [-0.4, -0.2) is 5.11 Å². The molecule has 2 nitrogen and oxygen atoms in total. The number of halogens is 2. The van der Waals surface area contributed by atoms with Gasteiger partial charge < -0.3 is 10.6 Å². The first-order valence-corrected chi connectivity index (χ1v) is 9.85. The average molecular weight is 450 g/mol. The fourth-order valence-corrected chi connectivity index (χ4v) is 3.61. The SMILES string of the molecule is S=C(Nc1ccc(Sc2ccc(Br)cc2)cc1)Nc1cccc(Cl)c1. The highest BCUT2D eigenvalue weighted by molar-refractivity contribution is 9.10. The highest BCUT2D eigenvalue weighted by Crippen LogP contribution is 2.29. The van der Waals surface area contributed by atoms with Gasteiger partial charge in [-0.15, -0.1) is 0 Å². The van der Waals surface area contributed by atoms with E-state index >= 15 is 0 Å². The lowest BCUT2D eigenvalue weighted by Gasteiger charge is -2.11. The van der Waals surface area contributed by atoms with Crippen molar-refractivity contribution in [1.29, 1.82) is 0 Å². The Morgan fingerprint density at radius 2 is 1.44 bits per heavy atom. The lowest BCUT2D eigenvalue weighted by Crippen LogP contribution is -2.18. The predicted molar refractivity (Wildman–Crippen MR) is 116 cm³/mol. The van der Waals surface area contributed by atoms with Gasteiger partial charge in [0.25, 0.3) is 0 Å². The minimum Gasteiger partial charge on any atom is -0.332 e. The molecular weight excluding hydrogens is 436 g/mol. The summed E-state index contributed by atoms with van der Waals surface area (Å²) >= 11 is 16.5. The van der Waals surface area contributed by atoms with Gasteiger partial charge in [0, 0.05) is 30.7 Å². The van der Waals surface area contributed by atoms with Crippen molar-refractivity contribution < 1.29 is 0 Å². The van der Waals surface area contributed by atoms with E-state index in [2.05, 4.69) is 50.8 Å². The molecule has 3 rings (SSSR count). The van der Waals surface area contributed by atoms with Crippen molar-refractivity contribution in [3.8, 4) is 0 Å². The molecule has 6 heteroatoms. The van der Waals surface area contributed by atoms with Gasteiger partial charge in [-0.2, -0.15) is 0 Å². The summed E-state index contributed by atoms with van der Waals surface area (Å²) in [6.45, 7) is 0. The van der Waals surface area contributed by atoms with Crippen molar-refractivity contribution in [1.82, 2.24) is 0 Å². The zero-order chi connectivity index (χ0) is 17.6. The summed E-state index contributed by atoms with van der Waals surface area (Å²) in [6.07, 6.45) is 0. The molecule has 0 saturated heterocycles. The average Bonchev–Trinajstić information content (AvgIpc) is 2.59. The van der Waals surface area contributed by atoms with Crippen LogP contribution in [0.2, 0.25) is 5.02 Å². The van der Waals surface area contributed by atoms with Crippen LogP contribution in [0.5, 0.6) is 0 Å². The van der Waals surface area contributed by atoms with Gasteiger partial charge in [0.15, 0.2) is 5.11 Å². The molecule has 0 unspecified atom stereocenters. The maximum absolute atomic E-state index is 5.97. The molecule has 0 saturated carbocycles. The molecular formula is C19H14BrClN2S2. The molecule has 0 aliphatic rings. The third-order valence-electron chi connectivity index (χ3n) is 3.24. The molecule has 25 heavy (non-hydrogen) atoms. The minimum atomic E-state index is 0.524. The van der Waals surface area contributed by atoms with Crippen LogP contribution >= 0.6 is 51.5 Å². The van der Waals surface area contributed by atoms with Gasteiger partial charge in [-0.25, -0.2) is 0 Å². The van der Waals surface area contributed by atoms with Crippen molar-refractivity contribution in [2.45, 2.75) is 9.79 Å². The van der Waals surface area contributed by atoms with E-state index in [-0.39, 0.29) is 0 Å². The van der Waals surface area contributed by atoms with Gasteiger partial charge in [-0.05, 0) is 78.9 Å². The number of nitrogens with one attached hydrogen (secondary N) is 2. The van der Waals surface area contributed by atoms with E-state index in [1.54, 1.807) is 11.8 Å². The lowest BCUT2D eigenvalue weighted by molar-refractivity contribution is 1.40. The molecule has 0 heterocycles. The van der Waals surface area contributed by atoms with E-state index < -0.39 is 0 Å². The second-order valence-electron chi connectivity index (χ2n) is 5.17. The molecule has 3 aromatic rings. The second kappa shape index (κ2) is 8.72. The van der Waals surface area contributed by atoms with Crippen LogP contribution in [0.15, 0.2) is 87.1 Å². The molecule has 2 N–H and O–H groups in total. The molecule has 126 valence electrons. The van der Waals surface area contributed by atoms with Crippen LogP contribution in [0.25, 0.3) is 0 Å². The predicted octanol–water partition coefficient (Wildman–Crippen LogP) is 7.06. The van der Waals surface area contributed by atoms with Crippen LogP contribution < -0.4 is 10.6 Å².